The zero-order valence-corrected chi connectivity index (χ0v) is 14.5. The molecule has 6 heteroatoms. The Balaban J connectivity index is 1.53. The van der Waals surface area contributed by atoms with Gasteiger partial charge in [0.25, 0.3) is 11.8 Å². The minimum absolute atomic E-state index is 0.314. The fourth-order valence-electron chi connectivity index (χ4n) is 2.95. The molecule has 0 radical (unpaired) electrons. The van der Waals surface area contributed by atoms with Crippen molar-refractivity contribution >= 4 is 34.7 Å². The number of hydrogen-bond acceptors (Lipinski definition) is 4. The molecule has 2 heterocycles. The summed E-state index contributed by atoms with van der Waals surface area (Å²) >= 11 is 1.57. The van der Waals surface area contributed by atoms with Crippen molar-refractivity contribution in [2.45, 2.75) is 0 Å². The number of para-hydroxylation sites is 1. The number of nitrogens with one attached hydrogen (secondary N) is 1. The van der Waals surface area contributed by atoms with Crippen LogP contribution in [0.15, 0.2) is 66.0 Å². The highest BCUT2D eigenvalue weighted by Gasteiger charge is 2.36. The molecule has 0 spiro atoms. The van der Waals surface area contributed by atoms with Crippen LogP contribution in [-0.2, 0) is 4.79 Å². The van der Waals surface area contributed by atoms with Gasteiger partial charge >= 0.3 is 0 Å². The predicted molar refractivity (Wildman–Crippen MR) is 100 cm³/mol. The number of carbonyl (C=O) groups excluding carboxylic acids is 3. The van der Waals surface area contributed by atoms with Crippen molar-refractivity contribution in [2.24, 2.45) is 0 Å². The second kappa shape index (κ2) is 6.57. The SMILES string of the molecule is O=C(CN1C(=O)c2ccccc2C1=O)Nc1ccccc1-c1cccs1. The zero-order chi connectivity index (χ0) is 18.1. The fourth-order valence-corrected chi connectivity index (χ4v) is 3.72. The first kappa shape index (κ1) is 16.2. The molecule has 26 heavy (non-hydrogen) atoms. The molecule has 1 N–H and O–H groups in total. The minimum atomic E-state index is -0.438. The van der Waals surface area contributed by atoms with Gasteiger partial charge in [-0.1, -0.05) is 36.4 Å². The van der Waals surface area contributed by atoms with Gasteiger partial charge in [-0.05, 0) is 29.6 Å². The zero-order valence-electron chi connectivity index (χ0n) is 13.6. The highest BCUT2D eigenvalue weighted by atomic mass is 32.1. The monoisotopic (exact) mass is 362 g/mol. The summed E-state index contributed by atoms with van der Waals surface area (Å²) in [6, 6.07) is 18.0. The van der Waals surface area contributed by atoms with Gasteiger partial charge in [-0.25, -0.2) is 0 Å². The maximum atomic E-state index is 12.5. The molecule has 4 rings (SSSR count). The molecule has 2 aromatic carbocycles. The van der Waals surface area contributed by atoms with E-state index in [2.05, 4.69) is 5.32 Å². The van der Waals surface area contributed by atoms with Crippen LogP contribution in [0.4, 0.5) is 5.69 Å². The Hall–Kier alpha value is -3.25. The van der Waals surface area contributed by atoms with E-state index in [0.717, 1.165) is 15.3 Å². The molecule has 0 atom stereocenters. The summed E-state index contributed by atoms with van der Waals surface area (Å²) in [5.74, 6) is -1.29. The third-order valence-corrected chi connectivity index (χ3v) is 5.07. The van der Waals surface area contributed by atoms with Gasteiger partial charge in [-0.2, -0.15) is 0 Å². The van der Waals surface area contributed by atoms with Gasteiger partial charge in [0.1, 0.15) is 6.54 Å². The summed E-state index contributed by atoms with van der Waals surface area (Å²) < 4.78 is 0. The van der Waals surface area contributed by atoms with Crippen LogP contribution in [0.5, 0.6) is 0 Å². The van der Waals surface area contributed by atoms with E-state index in [-0.39, 0.29) is 6.54 Å². The Kier molecular flexibility index (Phi) is 4.10. The molecule has 1 aromatic heterocycles. The maximum absolute atomic E-state index is 12.5. The largest absolute Gasteiger partial charge is 0.324 e. The van der Waals surface area contributed by atoms with E-state index >= 15 is 0 Å². The Bertz CT molecular complexity index is 976. The number of rotatable bonds is 4. The summed E-state index contributed by atoms with van der Waals surface area (Å²) in [5, 5.41) is 4.78. The first-order valence-electron chi connectivity index (χ1n) is 8.03. The van der Waals surface area contributed by atoms with Gasteiger partial charge in [0.2, 0.25) is 5.91 Å². The van der Waals surface area contributed by atoms with E-state index < -0.39 is 17.7 Å². The molecule has 3 amide bonds. The minimum Gasteiger partial charge on any atom is -0.324 e. The number of nitrogens with zero attached hydrogens (tertiary/aromatic N) is 1. The molecule has 1 aliphatic heterocycles. The Morgan fingerprint density at radius 1 is 0.846 bits per heavy atom. The van der Waals surface area contributed by atoms with Gasteiger partial charge < -0.3 is 5.32 Å². The van der Waals surface area contributed by atoms with E-state index in [9.17, 15) is 14.4 Å². The number of thiophene rings is 1. The fraction of sp³-hybridized carbons (Fsp3) is 0.0500. The van der Waals surface area contributed by atoms with Gasteiger partial charge in [-0.3, -0.25) is 19.3 Å². The lowest BCUT2D eigenvalue weighted by Crippen LogP contribution is -2.37. The van der Waals surface area contributed by atoms with E-state index in [0.29, 0.717) is 16.8 Å². The average molecular weight is 362 g/mol. The lowest BCUT2D eigenvalue weighted by Gasteiger charge is -2.15. The van der Waals surface area contributed by atoms with Crippen molar-refractivity contribution in [3.63, 3.8) is 0 Å². The first-order chi connectivity index (χ1) is 12.6. The van der Waals surface area contributed by atoms with Crippen molar-refractivity contribution in [2.75, 3.05) is 11.9 Å². The van der Waals surface area contributed by atoms with Gasteiger partial charge in [0.15, 0.2) is 0 Å². The van der Waals surface area contributed by atoms with Crippen molar-refractivity contribution in [3.8, 4) is 10.4 Å². The lowest BCUT2D eigenvalue weighted by atomic mass is 10.1. The van der Waals surface area contributed by atoms with Gasteiger partial charge in [0, 0.05) is 16.1 Å². The average Bonchev–Trinajstić information content (AvgIpc) is 3.26. The molecule has 0 unspecified atom stereocenters. The van der Waals surface area contributed by atoms with E-state index in [1.54, 1.807) is 41.7 Å². The number of anilines is 1. The second-order valence-corrected chi connectivity index (χ2v) is 6.76. The van der Waals surface area contributed by atoms with E-state index in [4.69, 9.17) is 0 Å². The van der Waals surface area contributed by atoms with Crippen LogP contribution in [0, 0.1) is 0 Å². The molecule has 0 aliphatic carbocycles. The number of carbonyl (C=O) groups is 3. The topological polar surface area (TPSA) is 66.5 Å². The number of fused-ring (bicyclic) bond motifs is 1. The summed E-state index contributed by atoms with van der Waals surface area (Å²) in [6.45, 7) is -0.314. The predicted octanol–water partition coefficient (Wildman–Crippen LogP) is 3.65. The van der Waals surface area contributed by atoms with Crippen LogP contribution < -0.4 is 5.32 Å². The molecule has 0 saturated carbocycles. The van der Waals surface area contributed by atoms with E-state index in [1.165, 1.54) is 0 Å². The summed E-state index contributed by atoms with van der Waals surface area (Å²) in [6.07, 6.45) is 0. The number of hydrogen-bond donors (Lipinski definition) is 1. The summed E-state index contributed by atoms with van der Waals surface area (Å²) in [4.78, 5) is 39.2. The van der Waals surface area contributed by atoms with Gasteiger partial charge in [-0.15, -0.1) is 11.3 Å². The standard InChI is InChI=1S/C20H14N2O3S/c23-18(12-22-19(24)13-6-1-2-7-14(13)20(22)25)21-16-9-4-3-8-15(16)17-10-5-11-26-17/h1-11H,12H2,(H,21,23). The molecular weight excluding hydrogens is 348 g/mol. The second-order valence-electron chi connectivity index (χ2n) is 5.81. The Labute approximate surface area is 153 Å². The quantitative estimate of drug-likeness (QED) is 0.721. The molecule has 128 valence electrons. The van der Waals surface area contributed by atoms with Crippen LogP contribution in [0.25, 0.3) is 10.4 Å². The number of imide groups is 1. The van der Waals surface area contributed by atoms with Crippen LogP contribution in [-0.4, -0.2) is 29.2 Å². The summed E-state index contributed by atoms with van der Waals surface area (Å²) in [5.41, 5.74) is 2.23. The summed E-state index contributed by atoms with van der Waals surface area (Å²) in [7, 11) is 0. The van der Waals surface area contributed by atoms with Crippen molar-refractivity contribution in [1.82, 2.24) is 4.90 Å². The highest BCUT2D eigenvalue weighted by Crippen LogP contribution is 2.31. The van der Waals surface area contributed by atoms with Crippen molar-refractivity contribution in [3.05, 3.63) is 77.2 Å². The molecular formula is C20H14N2O3S. The smallest absolute Gasteiger partial charge is 0.262 e. The van der Waals surface area contributed by atoms with Crippen LogP contribution in [0.3, 0.4) is 0 Å². The van der Waals surface area contributed by atoms with Crippen LogP contribution in [0.2, 0.25) is 0 Å². The Morgan fingerprint density at radius 3 is 2.08 bits per heavy atom. The Morgan fingerprint density at radius 2 is 1.46 bits per heavy atom. The van der Waals surface area contributed by atoms with Gasteiger partial charge in [0.05, 0.1) is 11.1 Å². The van der Waals surface area contributed by atoms with Crippen LogP contribution in [0.1, 0.15) is 20.7 Å². The molecule has 3 aromatic rings. The maximum Gasteiger partial charge on any atom is 0.262 e. The molecule has 5 nitrogen and oxygen atoms in total. The third-order valence-electron chi connectivity index (χ3n) is 4.17. The van der Waals surface area contributed by atoms with Crippen LogP contribution >= 0.6 is 11.3 Å². The third kappa shape index (κ3) is 2.80. The molecule has 0 saturated heterocycles. The normalized spacial score (nSPS) is 13.0. The first-order valence-corrected chi connectivity index (χ1v) is 8.91. The highest BCUT2D eigenvalue weighted by molar-refractivity contribution is 7.13. The van der Waals surface area contributed by atoms with E-state index in [1.807, 2.05) is 35.7 Å². The molecule has 1 aliphatic rings. The number of benzene rings is 2. The van der Waals surface area contributed by atoms with Crippen molar-refractivity contribution < 1.29 is 14.4 Å². The number of amides is 3. The lowest BCUT2D eigenvalue weighted by molar-refractivity contribution is -0.116. The molecule has 0 bridgehead atoms. The van der Waals surface area contributed by atoms with Crippen molar-refractivity contribution in [1.29, 1.82) is 0 Å². The molecule has 0 fully saturated rings.